The number of carbonyl (C=O) groups excluding carboxylic acids is 1. The molecule has 1 amide bonds. The molecule has 1 unspecified atom stereocenters. The minimum absolute atomic E-state index is 0.0723. The first-order chi connectivity index (χ1) is 16.5. The van der Waals surface area contributed by atoms with Gasteiger partial charge in [-0.15, -0.1) is 0 Å². The van der Waals surface area contributed by atoms with Crippen molar-refractivity contribution in [1.82, 2.24) is 9.88 Å². The molecule has 1 aliphatic heterocycles. The second-order valence-corrected chi connectivity index (χ2v) is 8.21. The maximum Gasteiger partial charge on any atom is 0.291 e. The molecule has 5 rings (SSSR count). The molecular formula is C27H24N2O5. The molecule has 0 N–H and O–H groups in total. The van der Waals surface area contributed by atoms with Crippen LogP contribution in [0, 0.1) is 6.92 Å². The highest BCUT2D eigenvalue weighted by atomic mass is 16.5. The van der Waals surface area contributed by atoms with Crippen LogP contribution in [0.5, 0.6) is 11.5 Å². The molecule has 7 nitrogen and oxygen atoms in total. The summed E-state index contributed by atoms with van der Waals surface area (Å²) in [6.07, 6.45) is 3.39. The summed E-state index contributed by atoms with van der Waals surface area (Å²) in [5.74, 6) is 0.861. The zero-order chi connectivity index (χ0) is 23.8. The van der Waals surface area contributed by atoms with Gasteiger partial charge in [-0.1, -0.05) is 23.8 Å². The molecule has 0 fully saturated rings. The number of fused-ring (bicyclic) bond motifs is 2. The smallest absolute Gasteiger partial charge is 0.291 e. The maximum absolute atomic E-state index is 13.7. The van der Waals surface area contributed by atoms with Crippen molar-refractivity contribution in [2.24, 2.45) is 0 Å². The molecule has 2 aromatic carbocycles. The van der Waals surface area contributed by atoms with Gasteiger partial charge in [0.2, 0.25) is 5.76 Å². The summed E-state index contributed by atoms with van der Waals surface area (Å²) in [5, 5.41) is 0.456. The Hall–Kier alpha value is -4.13. The van der Waals surface area contributed by atoms with E-state index in [2.05, 4.69) is 4.98 Å². The molecule has 7 heteroatoms. The third kappa shape index (κ3) is 3.59. The Bertz CT molecular complexity index is 1450. The molecule has 172 valence electrons. The lowest BCUT2D eigenvalue weighted by Gasteiger charge is -2.25. The van der Waals surface area contributed by atoms with E-state index in [0.29, 0.717) is 34.6 Å². The van der Waals surface area contributed by atoms with Gasteiger partial charge in [-0.05, 0) is 55.3 Å². The number of rotatable bonds is 6. The van der Waals surface area contributed by atoms with Crippen LogP contribution < -0.4 is 14.9 Å². The van der Waals surface area contributed by atoms with Crippen LogP contribution in [0.25, 0.3) is 11.0 Å². The van der Waals surface area contributed by atoms with Gasteiger partial charge >= 0.3 is 0 Å². The molecule has 3 heterocycles. The van der Waals surface area contributed by atoms with Crippen LogP contribution in [0.15, 0.2) is 70.1 Å². The van der Waals surface area contributed by atoms with Crippen molar-refractivity contribution < 1.29 is 18.7 Å². The Morgan fingerprint density at radius 3 is 2.68 bits per heavy atom. The van der Waals surface area contributed by atoms with Gasteiger partial charge < -0.3 is 18.8 Å². The number of hydrogen-bond donors (Lipinski definition) is 0. The minimum Gasteiger partial charge on any atom is -0.493 e. The number of nitrogens with zero attached hydrogens (tertiary/aromatic N) is 2. The third-order valence-electron chi connectivity index (χ3n) is 6.00. The number of methoxy groups -OCH3 is 1. The van der Waals surface area contributed by atoms with Crippen molar-refractivity contribution in [3.05, 3.63) is 99.2 Å². The van der Waals surface area contributed by atoms with Crippen molar-refractivity contribution >= 4 is 16.9 Å². The first kappa shape index (κ1) is 21.7. The standard InChI is InChI=1S/C27H24N2O5/c1-4-33-21-10-8-18(13-22(21)32-3)24-23-25(30)19-12-16(2)7-9-20(19)34-26(23)27(31)29(24)15-17-6-5-11-28-14-17/h5-14,24H,4,15H2,1-3H3. The van der Waals surface area contributed by atoms with E-state index in [1.165, 1.54) is 0 Å². The fourth-order valence-electron chi connectivity index (χ4n) is 4.46. The van der Waals surface area contributed by atoms with E-state index in [-0.39, 0.29) is 23.6 Å². The van der Waals surface area contributed by atoms with Crippen molar-refractivity contribution in [3.63, 3.8) is 0 Å². The molecular weight excluding hydrogens is 432 g/mol. The SMILES string of the molecule is CCOc1ccc(C2c3c(oc4ccc(C)cc4c3=O)C(=O)N2Cc2cccnc2)cc1OC. The minimum atomic E-state index is -0.645. The number of hydrogen-bond acceptors (Lipinski definition) is 6. The average Bonchev–Trinajstić information content (AvgIpc) is 3.12. The van der Waals surface area contributed by atoms with Crippen LogP contribution >= 0.6 is 0 Å². The third-order valence-corrected chi connectivity index (χ3v) is 6.00. The molecule has 34 heavy (non-hydrogen) atoms. The van der Waals surface area contributed by atoms with Crippen LogP contribution in [0.2, 0.25) is 0 Å². The molecule has 1 atom stereocenters. The van der Waals surface area contributed by atoms with E-state index in [0.717, 1.165) is 16.7 Å². The number of benzene rings is 2. The van der Waals surface area contributed by atoms with Gasteiger partial charge in [0.15, 0.2) is 16.9 Å². The first-order valence-electron chi connectivity index (χ1n) is 11.1. The fraction of sp³-hybridized carbons (Fsp3) is 0.222. The highest BCUT2D eigenvalue weighted by Gasteiger charge is 2.43. The summed E-state index contributed by atoms with van der Waals surface area (Å²) in [6.45, 7) is 4.57. The number of pyridine rings is 1. The normalized spacial score (nSPS) is 15.0. The number of ether oxygens (including phenoxy) is 2. The van der Waals surface area contributed by atoms with Gasteiger partial charge in [0.05, 0.1) is 30.7 Å². The molecule has 0 bridgehead atoms. The molecule has 0 aliphatic carbocycles. The van der Waals surface area contributed by atoms with E-state index < -0.39 is 6.04 Å². The summed E-state index contributed by atoms with van der Waals surface area (Å²) < 4.78 is 17.2. The zero-order valence-electron chi connectivity index (χ0n) is 19.2. The lowest BCUT2D eigenvalue weighted by atomic mass is 9.97. The predicted octanol–water partition coefficient (Wildman–Crippen LogP) is 4.65. The Balaban J connectivity index is 1.72. The van der Waals surface area contributed by atoms with Gasteiger partial charge in [-0.2, -0.15) is 0 Å². The molecule has 2 aromatic heterocycles. The van der Waals surface area contributed by atoms with E-state index in [1.54, 1.807) is 42.6 Å². The van der Waals surface area contributed by atoms with Crippen molar-refractivity contribution in [1.29, 1.82) is 0 Å². The monoisotopic (exact) mass is 456 g/mol. The highest BCUT2D eigenvalue weighted by molar-refractivity contribution is 5.99. The van der Waals surface area contributed by atoms with Gasteiger partial charge in [0.25, 0.3) is 5.91 Å². The van der Waals surface area contributed by atoms with Crippen molar-refractivity contribution in [2.75, 3.05) is 13.7 Å². The molecule has 0 spiro atoms. The summed E-state index contributed by atoms with van der Waals surface area (Å²) in [4.78, 5) is 33.1. The van der Waals surface area contributed by atoms with Gasteiger partial charge in [-0.3, -0.25) is 14.6 Å². The summed E-state index contributed by atoms with van der Waals surface area (Å²) in [5.41, 5.74) is 3.04. The van der Waals surface area contributed by atoms with E-state index >= 15 is 0 Å². The number of amides is 1. The Morgan fingerprint density at radius 2 is 1.94 bits per heavy atom. The van der Waals surface area contributed by atoms with Crippen molar-refractivity contribution in [2.45, 2.75) is 26.4 Å². The lowest BCUT2D eigenvalue weighted by Crippen LogP contribution is -2.29. The molecule has 0 saturated carbocycles. The lowest BCUT2D eigenvalue weighted by molar-refractivity contribution is 0.0714. The molecule has 4 aromatic rings. The van der Waals surface area contributed by atoms with E-state index in [1.807, 2.05) is 44.2 Å². The topological polar surface area (TPSA) is 81.9 Å². The molecule has 0 radical (unpaired) electrons. The number of aryl methyl sites for hydroxylation is 1. The first-order valence-corrected chi connectivity index (χ1v) is 11.1. The van der Waals surface area contributed by atoms with Gasteiger partial charge in [-0.25, -0.2) is 0 Å². The van der Waals surface area contributed by atoms with Crippen LogP contribution in [0.1, 0.15) is 45.8 Å². The number of aromatic nitrogens is 1. The van der Waals surface area contributed by atoms with Crippen LogP contribution in [-0.4, -0.2) is 29.5 Å². The summed E-state index contributed by atoms with van der Waals surface area (Å²) >= 11 is 0. The van der Waals surface area contributed by atoms with Gasteiger partial charge in [0, 0.05) is 18.9 Å². The summed E-state index contributed by atoms with van der Waals surface area (Å²) in [7, 11) is 1.56. The van der Waals surface area contributed by atoms with E-state index in [9.17, 15) is 9.59 Å². The zero-order valence-corrected chi connectivity index (χ0v) is 19.2. The fourth-order valence-corrected chi connectivity index (χ4v) is 4.46. The van der Waals surface area contributed by atoms with Crippen LogP contribution in [0.4, 0.5) is 0 Å². The number of carbonyl (C=O) groups is 1. The molecule has 0 saturated heterocycles. The Morgan fingerprint density at radius 1 is 1.09 bits per heavy atom. The Labute approximate surface area is 196 Å². The second-order valence-electron chi connectivity index (χ2n) is 8.21. The Kier molecular flexibility index (Phi) is 5.53. The van der Waals surface area contributed by atoms with Crippen molar-refractivity contribution in [3.8, 4) is 11.5 Å². The van der Waals surface area contributed by atoms with Crippen LogP contribution in [0.3, 0.4) is 0 Å². The van der Waals surface area contributed by atoms with E-state index in [4.69, 9.17) is 13.9 Å². The summed E-state index contributed by atoms with van der Waals surface area (Å²) in [6, 6.07) is 13.9. The largest absolute Gasteiger partial charge is 0.493 e. The maximum atomic E-state index is 13.7. The average molecular weight is 456 g/mol. The van der Waals surface area contributed by atoms with Gasteiger partial charge in [0.1, 0.15) is 5.58 Å². The van der Waals surface area contributed by atoms with Crippen LogP contribution in [-0.2, 0) is 6.54 Å². The molecule has 1 aliphatic rings. The quantitative estimate of drug-likeness (QED) is 0.420. The predicted molar refractivity (Wildman–Crippen MR) is 127 cm³/mol. The second kappa shape index (κ2) is 8.67. The highest BCUT2D eigenvalue weighted by Crippen LogP contribution is 2.41.